The van der Waals surface area contributed by atoms with E-state index in [4.69, 9.17) is 0 Å². The number of hydrogen-bond donors (Lipinski definition) is 1. The van der Waals surface area contributed by atoms with Crippen LogP contribution in [0.15, 0.2) is 46.1 Å². The van der Waals surface area contributed by atoms with Crippen molar-refractivity contribution in [1.29, 1.82) is 0 Å². The van der Waals surface area contributed by atoms with Crippen LogP contribution in [0, 0.1) is 0 Å². The molecule has 0 saturated heterocycles. The molecule has 0 radical (unpaired) electrons. The Hall–Kier alpha value is -2.84. The number of carbonyl (C=O) groups is 1. The zero-order valence-electron chi connectivity index (χ0n) is 13.5. The second kappa shape index (κ2) is 6.96. The number of rotatable bonds is 4. The lowest BCUT2D eigenvalue weighted by atomic mass is 10.1. The van der Waals surface area contributed by atoms with Gasteiger partial charge in [0.15, 0.2) is 0 Å². The minimum atomic E-state index is -4.42. The van der Waals surface area contributed by atoms with Gasteiger partial charge in [-0.25, -0.2) is 4.79 Å². The minimum Gasteiger partial charge on any atom is -0.348 e. The van der Waals surface area contributed by atoms with Crippen LogP contribution in [0.1, 0.15) is 24.1 Å². The van der Waals surface area contributed by atoms with Crippen molar-refractivity contribution in [3.8, 4) is 0 Å². The highest BCUT2D eigenvalue weighted by Gasteiger charge is 2.30. The van der Waals surface area contributed by atoms with Crippen LogP contribution in [-0.4, -0.2) is 15.0 Å². The van der Waals surface area contributed by atoms with Gasteiger partial charge in [0.2, 0.25) is 5.91 Å². The number of carbonyl (C=O) groups excluding carboxylic acids is 1. The smallest absolute Gasteiger partial charge is 0.348 e. The van der Waals surface area contributed by atoms with Crippen molar-refractivity contribution in [3.63, 3.8) is 0 Å². The molecule has 1 aromatic carbocycles. The van der Waals surface area contributed by atoms with Gasteiger partial charge in [0.25, 0.3) is 5.56 Å². The van der Waals surface area contributed by atoms with Crippen LogP contribution in [0.4, 0.5) is 13.2 Å². The molecule has 1 heterocycles. The summed E-state index contributed by atoms with van der Waals surface area (Å²) in [5.41, 5.74) is -1.40. The third-order valence-corrected chi connectivity index (χ3v) is 3.69. The van der Waals surface area contributed by atoms with Gasteiger partial charge in [-0.1, -0.05) is 12.1 Å². The summed E-state index contributed by atoms with van der Waals surface area (Å²) in [7, 11) is 1.30. The van der Waals surface area contributed by atoms with Crippen molar-refractivity contribution >= 4 is 5.91 Å². The number of nitrogens with one attached hydrogen (secondary N) is 1. The fourth-order valence-electron chi connectivity index (χ4n) is 2.22. The predicted molar refractivity (Wildman–Crippen MR) is 83.9 cm³/mol. The van der Waals surface area contributed by atoms with Crippen LogP contribution in [0.3, 0.4) is 0 Å². The Balaban J connectivity index is 2.07. The van der Waals surface area contributed by atoms with Gasteiger partial charge in [0.05, 0.1) is 11.6 Å². The van der Waals surface area contributed by atoms with Crippen molar-refractivity contribution in [2.75, 3.05) is 0 Å². The monoisotopic (exact) mass is 355 g/mol. The largest absolute Gasteiger partial charge is 0.416 e. The highest BCUT2D eigenvalue weighted by atomic mass is 19.4. The first-order valence-electron chi connectivity index (χ1n) is 7.32. The average Bonchev–Trinajstić information content (AvgIpc) is 2.54. The summed E-state index contributed by atoms with van der Waals surface area (Å²) >= 11 is 0. The zero-order chi connectivity index (χ0) is 18.8. The lowest BCUT2D eigenvalue weighted by Crippen LogP contribution is -2.40. The number of aromatic nitrogens is 2. The van der Waals surface area contributed by atoms with Crippen LogP contribution < -0.4 is 16.6 Å². The topological polar surface area (TPSA) is 73.1 Å². The van der Waals surface area contributed by atoms with E-state index < -0.39 is 34.9 Å². The van der Waals surface area contributed by atoms with E-state index in [1.165, 1.54) is 25.4 Å². The first kappa shape index (κ1) is 18.5. The summed E-state index contributed by atoms with van der Waals surface area (Å²) in [4.78, 5) is 35.2. The molecule has 1 amide bonds. The maximum Gasteiger partial charge on any atom is 0.416 e. The molecule has 2 rings (SSSR count). The second-order valence-corrected chi connectivity index (χ2v) is 5.53. The third-order valence-electron chi connectivity index (χ3n) is 3.69. The quantitative estimate of drug-likeness (QED) is 0.902. The second-order valence-electron chi connectivity index (χ2n) is 5.53. The van der Waals surface area contributed by atoms with Crippen molar-refractivity contribution in [2.24, 2.45) is 7.05 Å². The van der Waals surface area contributed by atoms with E-state index in [2.05, 4.69) is 5.32 Å². The third kappa shape index (κ3) is 4.37. The Morgan fingerprint density at radius 2 is 1.76 bits per heavy atom. The van der Waals surface area contributed by atoms with Gasteiger partial charge in [-0.3, -0.25) is 18.7 Å². The van der Waals surface area contributed by atoms with Crippen LogP contribution in [-0.2, 0) is 24.6 Å². The molecule has 2 aromatic rings. The molecule has 0 spiro atoms. The molecule has 9 heteroatoms. The first-order chi connectivity index (χ1) is 11.6. The Kier molecular flexibility index (Phi) is 5.15. The molecule has 0 unspecified atom stereocenters. The SMILES string of the molecule is C[C@H](NC(=O)Cn1ccc(=O)n(C)c1=O)c1ccc(C(F)(F)F)cc1. The number of nitrogens with zero attached hydrogens (tertiary/aromatic N) is 2. The summed E-state index contributed by atoms with van der Waals surface area (Å²) in [6, 6.07) is 5.06. The van der Waals surface area contributed by atoms with Gasteiger partial charge >= 0.3 is 11.9 Å². The molecule has 25 heavy (non-hydrogen) atoms. The Bertz CT molecular complexity index is 882. The molecule has 6 nitrogen and oxygen atoms in total. The van der Waals surface area contributed by atoms with Gasteiger partial charge in [0.1, 0.15) is 6.54 Å². The normalized spacial score (nSPS) is 12.7. The van der Waals surface area contributed by atoms with Crippen LogP contribution in [0.25, 0.3) is 0 Å². The molecule has 0 fully saturated rings. The fraction of sp³-hybridized carbons (Fsp3) is 0.312. The highest BCUT2D eigenvalue weighted by Crippen LogP contribution is 2.29. The van der Waals surface area contributed by atoms with Gasteiger partial charge in [-0.05, 0) is 24.6 Å². The van der Waals surface area contributed by atoms with Crippen molar-refractivity contribution < 1.29 is 18.0 Å². The molecule has 134 valence electrons. The molecule has 0 saturated carbocycles. The van der Waals surface area contributed by atoms with E-state index in [0.29, 0.717) is 5.56 Å². The number of hydrogen-bond acceptors (Lipinski definition) is 3. The highest BCUT2D eigenvalue weighted by molar-refractivity contribution is 5.76. The Morgan fingerprint density at radius 1 is 1.16 bits per heavy atom. The number of benzene rings is 1. The lowest BCUT2D eigenvalue weighted by Gasteiger charge is -2.16. The van der Waals surface area contributed by atoms with Crippen molar-refractivity contribution in [2.45, 2.75) is 25.7 Å². The average molecular weight is 355 g/mol. The standard InChI is InChI=1S/C16H16F3N3O3/c1-10(11-3-5-12(6-4-11)16(17,18)19)20-13(23)9-22-8-7-14(24)21(2)15(22)25/h3-8,10H,9H2,1-2H3,(H,20,23)/t10-/m0/s1. The number of amides is 1. The molecule has 1 aromatic heterocycles. The fourth-order valence-corrected chi connectivity index (χ4v) is 2.22. The summed E-state index contributed by atoms with van der Waals surface area (Å²) in [5.74, 6) is -0.506. The van der Waals surface area contributed by atoms with Crippen LogP contribution in [0.2, 0.25) is 0 Å². The Morgan fingerprint density at radius 3 is 2.32 bits per heavy atom. The molecule has 0 aliphatic heterocycles. The number of halogens is 3. The summed E-state index contributed by atoms with van der Waals surface area (Å²) in [6.45, 7) is 1.31. The summed E-state index contributed by atoms with van der Waals surface area (Å²) < 4.78 is 39.6. The molecular formula is C16H16F3N3O3. The van der Waals surface area contributed by atoms with Gasteiger partial charge in [0, 0.05) is 19.3 Å². The molecule has 1 N–H and O–H groups in total. The summed E-state index contributed by atoms with van der Waals surface area (Å²) in [5, 5.41) is 2.60. The molecule has 0 aliphatic carbocycles. The lowest BCUT2D eigenvalue weighted by molar-refractivity contribution is -0.137. The van der Waals surface area contributed by atoms with Crippen LogP contribution >= 0.6 is 0 Å². The first-order valence-corrected chi connectivity index (χ1v) is 7.32. The van der Waals surface area contributed by atoms with Gasteiger partial charge in [-0.15, -0.1) is 0 Å². The van der Waals surface area contributed by atoms with E-state index in [1.54, 1.807) is 6.92 Å². The Labute approximate surface area is 140 Å². The number of alkyl halides is 3. The van der Waals surface area contributed by atoms with E-state index in [0.717, 1.165) is 27.3 Å². The van der Waals surface area contributed by atoms with Crippen LogP contribution in [0.5, 0.6) is 0 Å². The van der Waals surface area contributed by atoms with E-state index in [-0.39, 0.29) is 6.54 Å². The molecule has 0 bridgehead atoms. The maximum absolute atomic E-state index is 12.5. The molecule has 0 aliphatic rings. The van der Waals surface area contributed by atoms with Gasteiger partial charge in [-0.2, -0.15) is 13.2 Å². The van der Waals surface area contributed by atoms with E-state index in [9.17, 15) is 27.6 Å². The minimum absolute atomic E-state index is 0.308. The predicted octanol–water partition coefficient (Wildman–Crippen LogP) is 1.44. The van der Waals surface area contributed by atoms with Crippen molar-refractivity contribution in [1.82, 2.24) is 14.5 Å². The van der Waals surface area contributed by atoms with Gasteiger partial charge < -0.3 is 5.32 Å². The van der Waals surface area contributed by atoms with Crippen molar-refractivity contribution in [3.05, 3.63) is 68.5 Å². The zero-order valence-corrected chi connectivity index (χ0v) is 13.5. The van der Waals surface area contributed by atoms with E-state index in [1.807, 2.05) is 0 Å². The van der Waals surface area contributed by atoms with E-state index >= 15 is 0 Å². The maximum atomic E-state index is 12.5. The summed E-state index contributed by atoms with van der Waals surface area (Å²) in [6.07, 6.45) is -3.21. The molecular weight excluding hydrogens is 339 g/mol. The molecule has 1 atom stereocenters.